The number of rotatable bonds is 3. The molecule has 0 amide bonds. The predicted octanol–water partition coefficient (Wildman–Crippen LogP) is 4.68. The van der Waals surface area contributed by atoms with Crippen LogP contribution >= 0.6 is 22.9 Å². The smallest absolute Gasteiger partial charge is 0.0957 e. The van der Waals surface area contributed by atoms with Crippen molar-refractivity contribution in [3.63, 3.8) is 0 Å². The molecule has 1 N–H and O–H groups in total. The van der Waals surface area contributed by atoms with Crippen molar-refractivity contribution in [2.75, 3.05) is 0 Å². The monoisotopic (exact) mass is 309 g/mol. The summed E-state index contributed by atoms with van der Waals surface area (Å²) in [6.45, 7) is 8.36. The fourth-order valence-corrected chi connectivity index (χ4v) is 3.26. The molecule has 0 aliphatic rings. The molecule has 0 saturated carbocycles. The molecule has 0 spiro atoms. The topological polar surface area (TPSA) is 33.1 Å². The van der Waals surface area contributed by atoms with Crippen LogP contribution in [0.5, 0.6) is 0 Å². The van der Waals surface area contributed by atoms with Crippen LogP contribution in [0.1, 0.15) is 48.7 Å². The van der Waals surface area contributed by atoms with E-state index in [1.54, 1.807) is 11.3 Å². The summed E-state index contributed by atoms with van der Waals surface area (Å²) < 4.78 is 0. The first kappa shape index (κ1) is 15.5. The summed E-state index contributed by atoms with van der Waals surface area (Å²) in [5.74, 6) is 0. The Balaban J connectivity index is 2.18. The van der Waals surface area contributed by atoms with E-state index in [9.17, 15) is 5.11 Å². The van der Waals surface area contributed by atoms with Crippen molar-refractivity contribution in [3.05, 3.63) is 50.4 Å². The zero-order valence-electron chi connectivity index (χ0n) is 12.3. The van der Waals surface area contributed by atoms with Crippen LogP contribution < -0.4 is 0 Å². The molecule has 0 aliphatic carbocycles. The van der Waals surface area contributed by atoms with E-state index >= 15 is 0 Å². The van der Waals surface area contributed by atoms with Gasteiger partial charge >= 0.3 is 0 Å². The van der Waals surface area contributed by atoms with E-state index in [0.29, 0.717) is 11.4 Å². The Morgan fingerprint density at radius 3 is 2.65 bits per heavy atom. The van der Waals surface area contributed by atoms with Crippen molar-refractivity contribution in [2.24, 2.45) is 0 Å². The molecule has 1 aromatic carbocycles. The number of hydrogen-bond donors (Lipinski definition) is 1. The van der Waals surface area contributed by atoms with Gasteiger partial charge in [-0.1, -0.05) is 50.6 Å². The maximum Gasteiger partial charge on any atom is 0.0957 e. The molecule has 0 saturated heterocycles. The number of benzene rings is 1. The summed E-state index contributed by atoms with van der Waals surface area (Å²) in [7, 11) is 0. The molecule has 2 aromatic rings. The highest BCUT2D eigenvalue weighted by atomic mass is 35.5. The van der Waals surface area contributed by atoms with Crippen molar-refractivity contribution in [1.82, 2.24) is 4.98 Å². The number of aryl methyl sites for hydroxylation is 1. The molecule has 1 heterocycles. The van der Waals surface area contributed by atoms with Crippen LogP contribution in [0.15, 0.2) is 23.6 Å². The summed E-state index contributed by atoms with van der Waals surface area (Å²) in [5.41, 5.74) is 2.87. The number of aliphatic hydroxyl groups excluding tert-OH is 1. The summed E-state index contributed by atoms with van der Waals surface area (Å²) >= 11 is 7.85. The maximum absolute atomic E-state index is 10.4. The molecule has 0 radical (unpaired) electrons. The highest BCUT2D eigenvalue weighted by Crippen LogP contribution is 2.30. The third kappa shape index (κ3) is 3.40. The van der Waals surface area contributed by atoms with Gasteiger partial charge < -0.3 is 5.11 Å². The van der Waals surface area contributed by atoms with E-state index in [-0.39, 0.29) is 5.41 Å². The van der Waals surface area contributed by atoms with Crippen LogP contribution in [0, 0.1) is 6.92 Å². The van der Waals surface area contributed by atoms with E-state index in [2.05, 4.69) is 31.1 Å². The lowest BCUT2D eigenvalue weighted by Gasteiger charge is -2.15. The second-order valence-corrected chi connectivity index (χ2v) is 7.40. The maximum atomic E-state index is 10.4. The Morgan fingerprint density at radius 2 is 2.05 bits per heavy atom. The number of aromatic nitrogens is 1. The molecule has 2 nitrogen and oxygen atoms in total. The van der Waals surface area contributed by atoms with Gasteiger partial charge in [0.25, 0.3) is 0 Å². The Bertz CT molecular complexity index is 601. The third-order valence-corrected chi connectivity index (χ3v) is 4.66. The molecule has 1 unspecified atom stereocenters. The second-order valence-electron chi connectivity index (χ2n) is 6.07. The lowest BCUT2D eigenvalue weighted by atomic mass is 9.93. The molecular weight excluding hydrogens is 290 g/mol. The summed E-state index contributed by atoms with van der Waals surface area (Å²) in [5, 5.41) is 14.0. The lowest BCUT2D eigenvalue weighted by Crippen LogP contribution is -2.12. The normalized spacial score (nSPS) is 13.5. The Hall–Kier alpha value is -0.900. The Morgan fingerprint density at radius 1 is 1.35 bits per heavy atom. The number of aliphatic hydroxyl groups is 1. The van der Waals surface area contributed by atoms with Crippen LogP contribution in [0.25, 0.3) is 0 Å². The van der Waals surface area contributed by atoms with Crippen LogP contribution in [-0.2, 0) is 11.8 Å². The summed E-state index contributed by atoms with van der Waals surface area (Å²) in [6, 6.07) is 5.74. The summed E-state index contributed by atoms with van der Waals surface area (Å²) in [6.07, 6.45) is -0.106. The number of hydrogen-bond acceptors (Lipinski definition) is 3. The molecular formula is C16H20ClNOS. The van der Waals surface area contributed by atoms with E-state index in [1.165, 1.54) is 0 Å². The van der Waals surface area contributed by atoms with Gasteiger partial charge in [-0.2, -0.15) is 0 Å². The summed E-state index contributed by atoms with van der Waals surface area (Å²) in [4.78, 5) is 4.61. The van der Waals surface area contributed by atoms with Crippen molar-refractivity contribution < 1.29 is 5.11 Å². The number of nitrogens with zero attached hydrogens (tertiary/aromatic N) is 1. The fraction of sp³-hybridized carbons (Fsp3) is 0.438. The average Bonchev–Trinajstić information content (AvgIpc) is 2.81. The van der Waals surface area contributed by atoms with E-state index < -0.39 is 6.10 Å². The van der Waals surface area contributed by atoms with Gasteiger partial charge in [0.2, 0.25) is 0 Å². The average molecular weight is 310 g/mol. The molecule has 0 aliphatic heterocycles. The van der Waals surface area contributed by atoms with Gasteiger partial charge in [0.05, 0.1) is 16.8 Å². The lowest BCUT2D eigenvalue weighted by molar-refractivity contribution is 0.178. The SMILES string of the molecule is Cc1cccc(C(O)Cc2nc(C(C)(C)C)cs2)c1Cl. The molecule has 4 heteroatoms. The minimum absolute atomic E-state index is 0.0423. The second kappa shape index (κ2) is 5.84. The minimum atomic E-state index is -0.610. The molecule has 20 heavy (non-hydrogen) atoms. The van der Waals surface area contributed by atoms with Gasteiger partial charge in [-0.05, 0) is 18.1 Å². The van der Waals surface area contributed by atoms with Gasteiger partial charge in [-0.15, -0.1) is 11.3 Å². The van der Waals surface area contributed by atoms with Crippen LogP contribution in [0.4, 0.5) is 0 Å². The van der Waals surface area contributed by atoms with Crippen molar-refractivity contribution in [3.8, 4) is 0 Å². The van der Waals surface area contributed by atoms with Gasteiger partial charge in [0.15, 0.2) is 0 Å². The van der Waals surface area contributed by atoms with Crippen LogP contribution in [0.3, 0.4) is 0 Å². The molecule has 1 aromatic heterocycles. The molecule has 1 atom stereocenters. The standard InChI is InChI=1S/C16H20ClNOS/c1-10-6-5-7-11(15(10)17)12(19)8-14-18-13(9-20-14)16(2,3)4/h5-7,9,12,19H,8H2,1-4H3. The number of halogens is 1. The molecule has 0 fully saturated rings. The van der Waals surface area contributed by atoms with Gasteiger partial charge in [-0.25, -0.2) is 4.98 Å². The zero-order chi connectivity index (χ0) is 14.9. The first-order valence-electron chi connectivity index (χ1n) is 6.67. The van der Waals surface area contributed by atoms with E-state index in [4.69, 9.17) is 11.6 Å². The fourth-order valence-electron chi connectivity index (χ4n) is 1.95. The van der Waals surface area contributed by atoms with Crippen molar-refractivity contribution >= 4 is 22.9 Å². The van der Waals surface area contributed by atoms with E-state index in [1.807, 2.05) is 25.1 Å². The van der Waals surface area contributed by atoms with Gasteiger partial charge in [-0.3, -0.25) is 0 Å². The van der Waals surface area contributed by atoms with E-state index in [0.717, 1.165) is 21.8 Å². The first-order valence-corrected chi connectivity index (χ1v) is 7.93. The third-order valence-electron chi connectivity index (χ3n) is 3.27. The molecule has 108 valence electrons. The zero-order valence-corrected chi connectivity index (χ0v) is 13.8. The Labute approximate surface area is 129 Å². The number of thiazole rings is 1. The van der Waals surface area contributed by atoms with Crippen LogP contribution in [-0.4, -0.2) is 10.1 Å². The highest BCUT2D eigenvalue weighted by molar-refractivity contribution is 7.09. The predicted molar refractivity (Wildman–Crippen MR) is 85.7 cm³/mol. The first-order chi connectivity index (χ1) is 9.29. The van der Waals surface area contributed by atoms with Crippen LogP contribution in [0.2, 0.25) is 5.02 Å². The molecule has 0 bridgehead atoms. The van der Waals surface area contributed by atoms with Gasteiger partial charge in [0.1, 0.15) is 0 Å². The minimum Gasteiger partial charge on any atom is -0.388 e. The Kier molecular flexibility index (Phi) is 4.52. The van der Waals surface area contributed by atoms with Crippen molar-refractivity contribution in [2.45, 2.75) is 45.6 Å². The van der Waals surface area contributed by atoms with Gasteiger partial charge in [0, 0.05) is 22.2 Å². The van der Waals surface area contributed by atoms with Crippen molar-refractivity contribution in [1.29, 1.82) is 0 Å². The largest absolute Gasteiger partial charge is 0.388 e. The molecule has 2 rings (SSSR count). The quantitative estimate of drug-likeness (QED) is 0.893. The highest BCUT2D eigenvalue weighted by Gasteiger charge is 2.20.